The SMILES string of the molecule is Cc1cccc(Cn2c(C)cc3ccccc32)c1. The van der Waals surface area contributed by atoms with E-state index in [4.69, 9.17) is 0 Å². The Hall–Kier alpha value is -2.02. The average Bonchev–Trinajstić information content (AvgIpc) is 2.66. The summed E-state index contributed by atoms with van der Waals surface area (Å²) in [6.45, 7) is 5.26. The van der Waals surface area contributed by atoms with Crippen molar-refractivity contribution < 1.29 is 0 Å². The summed E-state index contributed by atoms with van der Waals surface area (Å²) in [5.74, 6) is 0. The molecule has 0 aliphatic heterocycles. The topological polar surface area (TPSA) is 4.93 Å². The van der Waals surface area contributed by atoms with E-state index in [-0.39, 0.29) is 0 Å². The first-order valence-electron chi connectivity index (χ1n) is 6.34. The first-order valence-corrected chi connectivity index (χ1v) is 6.34. The maximum Gasteiger partial charge on any atom is 0.0485 e. The lowest BCUT2D eigenvalue weighted by molar-refractivity contribution is 0.804. The van der Waals surface area contributed by atoms with Crippen molar-refractivity contribution in [2.45, 2.75) is 20.4 Å². The van der Waals surface area contributed by atoms with Crippen molar-refractivity contribution >= 4 is 10.9 Å². The van der Waals surface area contributed by atoms with E-state index in [1.54, 1.807) is 0 Å². The largest absolute Gasteiger partial charge is 0.340 e. The summed E-state index contributed by atoms with van der Waals surface area (Å²) in [7, 11) is 0. The van der Waals surface area contributed by atoms with Crippen LogP contribution >= 0.6 is 0 Å². The second-order valence-corrected chi connectivity index (χ2v) is 4.92. The van der Waals surface area contributed by atoms with Gasteiger partial charge in [-0.05, 0) is 36.9 Å². The average molecular weight is 235 g/mol. The molecule has 2 aromatic carbocycles. The van der Waals surface area contributed by atoms with E-state index in [9.17, 15) is 0 Å². The highest BCUT2D eigenvalue weighted by atomic mass is 15.0. The van der Waals surface area contributed by atoms with Crippen molar-refractivity contribution in [2.24, 2.45) is 0 Å². The molecule has 90 valence electrons. The molecule has 1 nitrogen and oxygen atoms in total. The van der Waals surface area contributed by atoms with Crippen LogP contribution in [0.1, 0.15) is 16.8 Å². The Morgan fingerprint density at radius 2 is 1.72 bits per heavy atom. The lowest BCUT2D eigenvalue weighted by Crippen LogP contribution is -2.01. The molecule has 1 aromatic heterocycles. The number of hydrogen-bond donors (Lipinski definition) is 0. The molecule has 0 bridgehead atoms. The smallest absolute Gasteiger partial charge is 0.0485 e. The van der Waals surface area contributed by atoms with Crippen LogP contribution in [0.3, 0.4) is 0 Å². The number of aromatic nitrogens is 1. The predicted molar refractivity (Wildman–Crippen MR) is 77.0 cm³/mol. The normalized spacial score (nSPS) is 11.0. The molecular weight excluding hydrogens is 218 g/mol. The summed E-state index contributed by atoms with van der Waals surface area (Å²) in [6.07, 6.45) is 0. The van der Waals surface area contributed by atoms with Crippen LogP contribution < -0.4 is 0 Å². The fraction of sp³-hybridized carbons (Fsp3) is 0.176. The summed E-state index contributed by atoms with van der Waals surface area (Å²) in [4.78, 5) is 0. The van der Waals surface area contributed by atoms with Gasteiger partial charge in [-0.3, -0.25) is 0 Å². The van der Waals surface area contributed by atoms with Gasteiger partial charge in [0.2, 0.25) is 0 Å². The van der Waals surface area contributed by atoms with Gasteiger partial charge in [0.1, 0.15) is 0 Å². The number of rotatable bonds is 2. The maximum absolute atomic E-state index is 2.38. The van der Waals surface area contributed by atoms with Gasteiger partial charge in [0.05, 0.1) is 0 Å². The molecule has 0 N–H and O–H groups in total. The van der Waals surface area contributed by atoms with Crippen molar-refractivity contribution in [3.05, 3.63) is 71.4 Å². The molecule has 0 spiro atoms. The number of aryl methyl sites for hydroxylation is 2. The summed E-state index contributed by atoms with van der Waals surface area (Å²) < 4.78 is 2.38. The quantitative estimate of drug-likeness (QED) is 0.624. The molecule has 1 heterocycles. The van der Waals surface area contributed by atoms with E-state index < -0.39 is 0 Å². The maximum atomic E-state index is 2.38. The Morgan fingerprint density at radius 1 is 0.889 bits per heavy atom. The van der Waals surface area contributed by atoms with Gasteiger partial charge in [0.25, 0.3) is 0 Å². The number of benzene rings is 2. The molecule has 0 saturated heterocycles. The second-order valence-electron chi connectivity index (χ2n) is 4.92. The predicted octanol–water partition coefficient (Wildman–Crippen LogP) is 4.31. The Labute approximate surface area is 108 Å². The molecule has 0 atom stereocenters. The summed E-state index contributed by atoms with van der Waals surface area (Å²) in [5.41, 5.74) is 5.32. The first-order chi connectivity index (χ1) is 8.74. The molecule has 0 radical (unpaired) electrons. The molecular formula is C17H17N. The minimum absolute atomic E-state index is 0.945. The number of hydrogen-bond acceptors (Lipinski definition) is 0. The zero-order valence-electron chi connectivity index (χ0n) is 10.9. The monoisotopic (exact) mass is 235 g/mol. The van der Waals surface area contributed by atoms with E-state index >= 15 is 0 Å². The molecule has 0 aliphatic carbocycles. The van der Waals surface area contributed by atoms with Crippen molar-refractivity contribution in [1.29, 1.82) is 0 Å². The van der Waals surface area contributed by atoms with Crippen LogP contribution in [0.5, 0.6) is 0 Å². The van der Waals surface area contributed by atoms with Crippen LogP contribution in [0, 0.1) is 13.8 Å². The standard InChI is InChI=1S/C17H17N/c1-13-6-5-7-15(10-13)12-18-14(2)11-16-8-3-4-9-17(16)18/h3-11H,12H2,1-2H3. The summed E-state index contributed by atoms with van der Waals surface area (Å²) >= 11 is 0. The molecule has 0 amide bonds. The van der Waals surface area contributed by atoms with Crippen LogP contribution in [0.25, 0.3) is 10.9 Å². The van der Waals surface area contributed by atoms with Gasteiger partial charge in [0, 0.05) is 17.8 Å². The zero-order chi connectivity index (χ0) is 12.5. The van der Waals surface area contributed by atoms with Crippen molar-refractivity contribution in [2.75, 3.05) is 0 Å². The van der Waals surface area contributed by atoms with E-state index in [1.165, 1.54) is 27.7 Å². The molecule has 0 unspecified atom stereocenters. The lowest BCUT2D eigenvalue weighted by Gasteiger charge is -2.09. The lowest BCUT2D eigenvalue weighted by atomic mass is 10.1. The van der Waals surface area contributed by atoms with Gasteiger partial charge in [-0.15, -0.1) is 0 Å². The summed E-state index contributed by atoms with van der Waals surface area (Å²) in [6, 6.07) is 19.6. The third-order valence-corrected chi connectivity index (χ3v) is 3.44. The Bertz CT molecular complexity index is 692. The molecule has 3 aromatic rings. The molecule has 3 rings (SSSR count). The van der Waals surface area contributed by atoms with Crippen LogP contribution in [0.4, 0.5) is 0 Å². The van der Waals surface area contributed by atoms with Crippen molar-refractivity contribution in [3.63, 3.8) is 0 Å². The van der Waals surface area contributed by atoms with Gasteiger partial charge in [-0.2, -0.15) is 0 Å². The third kappa shape index (κ3) is 1.92. The van der Waals surface area contributed by atoms with Crippen molar-refractivity contribution in [1.82, 2.24) is 4.57 Å². The highest BCUT2D eigenvalue weighted by Gasteiger charge is 2.05. The van der Waals surface area contributed by atoms with Gasteiger partial charge in [-0.25, -0.2) is 0 Å². The van der Waals surface area contributed by atoms with Crippen molar-refractivity contribution in [3.8, 4) is 0 Å². The molecule has 0 saturated carbocycles. The minimum atomic E-state index is 0.945. The second kappa shape index (κ2) is 4.34. The number of nitrogens with zero attached hydrogens (tertiary/aromatic N) is 1. The highest BCUT2D eigenvalue weighted by Crippen LogP contribution is 2.20. The van der Waals surface area contributed by atoms with Crippen LogP contribution in [-0.2, 0) is 6.54 Å². The van der Waals surface area contributed by atoms with Crippen LogP contribution in [0.2, 0.25) is 0 Å². The number of fused-ring (bicyclic) bond motifs is 1. The Kier molecular flexibility index (Phi) is 2.67. The zero-order valence-corrected chi connectivity index (χ0v) is 10.9. The molecule has 0 fully saturated rings. The van der Waals surface area contributed by atoms with E-state index in [2.05, 4.69) is 73.0 Å². The fourth-order valence-corrected chi connectivity index (χ4v) is 2.55. The summed E-state index contributed by atoms with van der Waals surface area (Å²) in [5, 5.41) is 1.32. The van der Waals surface area contributed by atoms with E-state index in [0.29, 0.717) is 0 Å². The first kappa shape index (κ1) is 11.1. The van der Waals surface area contributed by atoms with Gasteiger partial charge in [0.15, 0.2) is 0 Å². The van der Waals surface area contributed by atoms with Gasteiger partial charge < -0.3 is 4.57 Å². The fourth-order valence-electron chi connectivity index (χ4n) is 2.55. The van der Waals surface area contributed by atoms with Crippen LogP contribution in [-0.4, -0.2) is 4.57 Å². The Balaban J connectivity index is 2.07. The minimum Gasteiger partial charge on any atom is -0.340 e. The molecule has 18 heavy (non-hydrogen) atoms. The Morgan fingerprint density at radius 3 is 2.56 bits per heavy atom. The van der Waals surface area contributed by atoms with Crippen LogP contribution in [0.15, 0.2) is 54.6 Å². The third-order valence-electron chi connectivity index (χ3n) is 3.44. The van der Waals surface area contributed by atoms with E-state index in [1.807, 2.05) is 0 Å². The highest BCUT2D eigenvalue weighted by molar-refractivity contribution is 5.81. The number of para-hydroxylation sites is 1. The van der Waals surface area contributed by atoms with Gasteiger partial charge >= 0.3 is 0 Å². The van der Waals surface area contributed by atoms with Gasteiger partial charge in [-0.1, -0.05) is 48.0 Å². The van der Waals surface area contributed by atoms with E-state index in [0.717, 1.165) is 6.54 Å². The molecule has 0 aliphatic rings. The molecule has 1 heteroatoms.